The van der Waals surface area contributed by atoms with Crippen molar-refractivity contribution in [2.24, 2.45) is 5.92 Å². The number of aromatic nitrogens is 2. The third-order valence-electron chi connectivity index (χ3n) is 5.94. The normalized spacial score (nSPS) is 13.8. The molecule has 184 valence electrons. The number of carbonyl (C=O) groups is 2. The Morgan fingerprint density at radius 3 is 2.63 bits per heavy atom. The fraction of sp³-hybridized carbons (Fsp3) is 0.360. The summed E-state index contributed by atoms with van der Waals surface area (Å²) >= 11 is 1.48. The summed E-state index contributed by atoms with van der Waals surface area (Å²) in [6, 6.07) is 13.6. The van der Waals surface area contributed by atoms with Crippen LogP contribution in [0.1, 0.15) is 25.0 Å². The van der Waals surface area contributed by atoms with E-state index >= 15 is 0 Å². The third-order valence-corrected chi connectivity index (χ3v) is 6.58. The van der Waals surface area contributed by atoms with E-state index in [0.717, 1.165) is 55.1 Å². The number of thiazole rings is 1. The minimum atomic E-state index is -0.497. The van der Waals surface area contributed by atoms with Crippen LogP contribution in [0.4, 0.5) is 21.1 Å². The number of hydrogen-bond acceptors (Lipinski definition) is 8. The van der Waals surface area contributed by atoms with Crippen molar-refractivity contribution >= 4 is 35.0 Å². The van der Waals surface area contributed by atoms with Crippen LogP contribution in [0.2, 0.25) is 0 Å². The van der Waals surface area contributed by atoms with Crippen molar-refractivity contribution in [3.05, 3.63) is 59.0 Å². The van der Waals surface area contributed by atoms with Crippen LogP contribution in [0.3, 0.4) is 0 Å². The molecule has 35 heavy (non-hydrogen) atoms. The number of alkyl carbamates (subject to hydrolysis) is 1. The molecule has 0 aliphatic carbocycles. The zero-order valence-corrected chi connectivity index (χ0v) is 20.4. The first-order chi connectivity index (χ1) is 17.1. The van der Waals surface area contributed by atoms with Gasteiger partial charge in [-0.3, -0.25) is 5.32 Å². The van der Waals surface area contributed by atoms with Crippen LogP contribution in [0, 0.1) is 5.92 Å². The van der Waals surface area contributed by atoms with E-state index in [1.54, 1.807) is 5.51 Å². The van der Waals surface area contributed by atoms with Crippen LogP contribution in [0.5, 0.6) is 0 Å². The molecule has 1 fully saturated rings. The maximum absolute atomic E-state index is 11.8. The molecule has 0 radical (unpaired) electrons. The highest BCUT2D eigenvalue weighted by molar-refractivity contribution is 7.07. The predicted octanol–water partition coefficient (Wildman–Crippen LogP) is 4.92. The topological polar surface area (TPSA) is 106 Å². The Hall–Kier alpha value is -3.66. The molecule has 1 aliphatic rings. The lowest BCUT2D eigenvalue weighted by Gasteiger charge is -2.33. The van der Waals surface area contributed by atoms with Crippen LogP contribution >= 0.6 is 11.3 Å². The Balaban J connectivity index is 1.22. The molecule has 0 saturated carbocycles. The summed E-state index contributed by atoms with van der Waals surface area (Å²) in [6.45, 7) is 2.66. The molecule has 3 heterocycles. The van der Waals surface area contributed by atoms with Crippen LogP contribution in [-0.4, -0.2) is 48.9 Å². The van der Waals surface area contributed by atoms with Gasteiger partial charge in [0.25, 0.3) is 0 Å². The maximum atomic E-state index is 11.8. The monoisotopic (exact) mass is 495 g/mol. The Kier molecular flexibility index (Phi) is 8.50. The number of methoxy groups -OCH3 is 1. The molecular formula is C25H29N5O4S. The zero-order valence-electron chi connectivity index (χ0n) is 19.6. The molecule has 1 aliphatic heterocycles. The van der Waals surface area contributed by atoms with E-state index in [1.165, 1.54) is 18.4 Å². The SMILES string of the molecule is COC(=O)Nc1ccc(-c2cccc(N3CCC(CCNC(=O)OCc4cscn4)CC3)n2)cc1. The number of nitrogens with zero attached hydrogens (tertiary/aromatic N) is 3. The number of anilines is 2. The summed E-state index contributed by atoms with van der Waals surface area (Å²) < 4.78 is 9.80. The van der Waals surface area contributed by atoms with Gasteiger partial charge in [0, 0.05) is 36.3 Å². The largest absolute Gasteiger partial charge is 0.453 e. The summed E-state index contributed by atoms with van der Waals surface area (Å²) in [6.07, 6.45) is 2.14. The average molecular weight is 496 g/mol. The van der Waals surface area contributed by atoms with Crippen molar-refractivity contribution in [3.63, 3.8) is 0 Å². The number of hydrogen-bond donors (Lipinski definition) is 2. The molecule has 2 amide bonds. The van der Waals surface area contributed by atoms with Gasteiger partial charge in [0.1, 0.15) is 12.4 Å². The van der Waals surface area contributed by atoms with E-state index in [-0.39, 0.29) is 6.61 Å². The van der Waals surface area contributed by atoms with E-state index in [1.807, 2.05) is 47.8 Å². The molecule has 4 rings (SSSR count). The first-order valence-electron chi connectivity index (χ1n) is 11.6. The highest BCUT2D eigenvalue weighted by Crippen LogP contribution is 2.26. The molecule has 1 saturated heterocycles. The number of rotatable bonds is 8. The van der Waals surface area contributed by atoms with Crippen molar-refractivity contribution < 1.29 is 19.1 Å². The molecule has 0 spiro atoms. The number of nitrogens with one attached hydrogen (secondary N) is 2. The molecule has 0 bridgehead atoms. The second-order valence-electron chi connectivity index (χ2n) is 8.28. The average Bonchev–Trinajstić information content (AvgIpc) is 3.42. The van der Waals surface area contributed by atoms with Crippen molar-refractivity contribution in [1.29, 1.82) is 0 Å². The summed E-state index contributed by atoms with van der Waals surface area (Å²) in [5.74, 6) is 1.52. The van der Waals surface area contributed by atoms with Gasteiger partial charge in [-0.1, -0.05) is 18.2 Å². The minimum absolute atomic E-state index is 0.203. The van der Waals surface area contributed by atoms with Gasteiger partial charge in [0.2, 0.25) is 0 Å². The lowest BCUT2D eigenvalue weighted by Crippen LogP contribution is -2.35. The molecule has 9 nitrogen and oxygen atoms in total. The van der Waals surface area contributed by atoms with Crippen LogP contribution in [0.15, 0.2) is 53.4 Å². The van der Waals surface area contributed by atoms with Gasteiger partial charge in [-0.05, 0) is 49.4 Å². The van der Waals surface area contributed by atoms with Crippen molar-refractivity contribution in [2.75, 3.05) is 37.0 Å². The fourth-order valence-electron chi connectivity index (χ4n) is 3.98. The Morgan fingerprint density at radius 2 is 1.91 bits per heavy atom. The molecule has 10 heteroatoms. The van der Waals surface area contributed by atoms with E-state index in [9.17, 15) is 9.59 Å². The van der Waals surface area contributed by atoms with E-state index in [2.05, 4.69) is 25.3 Å². The van der Waals surface area contributed by atoms with Gasteiger partial charge < -0.3 is 19.7 Å². The van der Waals surface area contributed by atoms with E-state index in [0.29, 0.717) is 18.2 Å². The first kappa shape index (κ1) is 24.5. The summed E-state index contributed by atoms with van der Waals surface area (Å²) in [4.78, 5) is 34.5. The van der Waals surface area contributed by atoms with Gasteiger partial charge in [-0.15, -0.1) is 11.3 Å². The molecule has 2 aromatic heterocycles. The minimum Gasteiger partial charge on any atom is -0.453 e. The number of pyridine rings is 1. The highest BCUT2D eigenvalue weighted by Gasteiger charge is 2.20. The lowest BCUT2D eigenvalue weighted by molar-refractivity contribution is 0.137. The number of ether oxygens (including phenoxy) is 2. The van der Waals surface area contributed by atoms with Crippen molar-refractivity contribution in [2.45, 2.75) is 25.9 Å². The van der Waals surface area contributed by atoms with Gasteiger partial charge in [-0.25, -0.2) is 19.6 Å². The summed E-state index contributed by atoms with van der Waals surface area (Å²) in [5.41, 5.74) is 5.02. The van der Waals surface area contributed by atoms with Crippen LogP contribution in [0.25, 0.3) is 11.3 Å². The van der Waals surface area contributed by atoms with Crippen molar-refractivity contribution in [3.8, 4) is 11.3 Å². The Bertz CT molecular complexity index is 1100. The highest BCUT2D eigenvalue weighted by atomic mass is 32.1. The Morgan fingerprint density at radius 1 is 1.11 bits per heavy atom. The van der Waals surface area contributed by atoms with Crippen LogP contribution in [-0.2, 0) is 16.1 Å². The van der Waals surface area contributed by atoms with Gasteiger partial charge >= 0.3 is 12.2 Å². The molecule has 0 unspecified atom stereocenters. The van der Waals surface area contributed by atoms with Gasteiger partial charge in [-0.2, -0.15) is 0 Å². The van der Waals surface area contributed by atoms with Crippen molar-refractivity contribution in [1.82, 2.24) is 15.3 Å². The van der Waals surface area contributed by atoms with Crippen LogP contribution < -0.4 is 15.5 Å². The van der Waals surface area contributed by atoms with Gasteiger partial charge in [0.05, 0.1) is 24.0 Å². The lowest BCUT2D eigenvalue weighted by atomic mass is 9.93. The third kappa shape index (κ3) is 7.16. The predicted molar refractivity (Wildman–Crippen MR) is 136 cm³/mol. The smallest absolute Gasteiger partial charge is 0.411 e. The molecular weight excluding hydrogens is 466 g/mol. The van der Waals surface area contributed by atoms with E-state index < -0.39 is 12.2 Å². The number of piperidine rings is 1. The standard InChI is InChI=1S/C25H29N5O4S/c1-33-25(32)28-20-7-5-19(6-8-20)22-3-2-4-23(29-22)30-13-10-18(11-14-30)9-12-26-24(31)34-15-21-16-35-17-27-21/h2-8,16-18H,9-15H2,1H3,(H,26,31)(H,28,32). The zero-order chi connectivity index (χ0) is 24.5. The molecule has 1 aromatic carbocycles. The molecule has 2 N–H and O–H groups in total. The second kappa shape index (κ2) is 12.2. The number of benzene rings is 1. The van der Waals surface area contributed by atoms with Gasteiger partial charge in [0.15, 0.2) is 0 Å². The molecule has 3 aromatic rings. The second-order valence-corrected chi connectivity index (χ2v) is 9.00. The Labute approximate surface area is 208 Å². The first-order valence-corrected chi connectivity index (χ1v) is 12.5. The van der Waals surface area contributed by atoms with E-state index in [4.69, 9.17) is 9.72 Å². The number of carbonyl (C=O) groups excluding carboxylic acids is 2. The maximum Gasteiger partial charge on any atom is 0.411 e. The fourth-order valence-corrected chi connectivity index (χ4v) is 4.52. The molecule has 0 atom stereocenters. The summed E-state index contributed by atoms with van der Waals surface area (Å²) in [7, 11) is 1.33. The quantitative estimate of drug-likeness (QED) is 0.457. The summed E-state index contributed by atoms with van der Waals surface area (Å²) in [5, 5.41) is 7.35. The number of amides is 2.